The van der Waals surface area contributed by atoms with Gasteiger partial charge < -0.3 is 9.64 Å². The first-order valence-corrected chi connectivity index (χ1v) is 6.21. The molecule has 1 fully saturated rings. The zero-order valence-electron chi connectivity index (χ0n) is 10.2. The summed E-state index contributed by atoms with van der Waals surface area (Å²) in [5.74, 6) is 0.709. The molecule has 1 aliphatic heterocycles. The Hall–Kier alpha value is -0.800. The Morgan fingerprint density at radius 3 is 2.59 bits per heavy atom. The van der Waals surface area contributed by atoms with Crippen LogP contribution < -0.4 is 4.74 Å². The predicted octanol–water partition coefficient (Wildman–Crippen LogP) is 3.30. The second-order valence-corrected chi connectivity index (χ2v) is 4.99. The molecule has 1 aromatic carbocycles. The van der Waals surface area contributed by atoms with Crippen LogP contribution in [0.15, 0.2) is 12.1 Å². The fourth-order valence-electron chi connectivity index (χ4n) is 2.36. The van der Waals surface area contributed by atoms with Crippen LogP contribution >= 0.6 is 11.6 Å². The molecule has 0 bridgehead atoms. The molecule has 0 amide bonds. The average Bonchev–Trinajstić information content (AvgIpc) is 2.33. The number of hydrogen-bond donors (Lipinski definition) is 0. The molecule has 0 N–H and O–H groups in total. The maximum atomic E-state index is 13.5. The Labute approximate surface area is 106 Å². The van der Waals surface area contributed by atoms with E-state index in [1.165, 1.54) is 6.07 Å². The van der Waals surface area contributed by atoms with Crippen molar-refractivity contribution in [3.63, 3.8) is 0 Å². The minimum absolute atomic E-state index is 0.124. The number of hydrogen-bond acceptors (Lipinski definition) is 2. The van der Waals surface area contributed by atoms with Crippen LogP contribution in [0.2, 0.25) is 5.02 Å². The van der Waals surface area contributed by atoms with Gasteiger partial charge in [0.25, 0.3) is 0 Å². The van der Waals surface area contributed by atoms with Crippen molar-refractivity contribution in [3.8, 4) is 5.75 Å². The smallest absolute Gasteiger partial charge is 0.142 e. The lowest BCUT2D eigenvalue weighted by Crippen LogP contribution is -2.29. The number of halogens is 2. The van der Waals surface area contributed by atoms with Gasteiger partial charge in [-0.25, -0.2) is 4.39 Å². The van der Waals surface area contributed by atoms with E-state index in [0.717, 1.165) is 31.5 Å². The van der Waals surface area contributed by atoms with Crippen LogP contribution in [0.3, 0.4) is 0 Å². The second kappa shape index (κ2) is 5.23. The highest BCUT2D eigenvalue weighted by atomic mass is 35.5. The van der Waals surface area contributed by atoms with Gasteiger partial charge in [-0.15, -0.1) is 0 Å². The van der Waals surface area contributed by atoms with Gasteiger partial charge in [0.1, 0.15) is 11.6 Å². The molecule has 0 atom stereocenters. The molecule has 1 saturated heterocycles. The molecule has 0 saturated carbocycles. The summed E-state index contributed by atoms with van der Waals surface area (Å²) >= 11 is 5.76. The van der Waals surface area contributed by atoms with E-state index in [0.29, 0.717) is 11.7 Å². The van der Waals surface area contributed by atoms with Gasteiger partial charge in [-0.1, -0.05) is 11.6 Å². The van der Waals surface area contributed by atoms with Crippen molar-refractivity contribution in [3.05, 3.63) is 28.5 Å². The Bertz CT molecular complexity index is 403. The van der Waals surface area contributed by atoms with Crippen LogP contribution in [-0.2, 0) is 0 Å². The molecule has 2 rings (SSSR count). The zero-order chi connectivity index (χ0) is 12.4. The van der Waals surface area contributed by atoms with Crippen LogP contribution in [0.5, 0.6) is 5.75 Å². The third kappa shape index (κ3) is 2.72. The molecule has 17 heavy (non-hydrogen) atoms. The van der Waals surface area contributed by atoms with Crippen LogP contribution in [0.4, 0.5) is 4.39 Å². The van der Waals surface area contributed by atoms with E-state index in [-0.39, 0.29) is 10.8 Å². The quantitative estimate of drug-likeness (QED) is 0.806. The molecule has 94 valence electrons. The minimum atomic E-state index is -0.360. The van der Waals surface area contributed by atoms with E-state index in [2.05, 4.69) is 11.9 Å². The summed E-state index contributed by atoms with van der Waals surface area (Å²) in [4.78, 5) is 2.29. The number of benzene rings is 1. The summed E-state index contributed by atoms with van der Waals surface area (Å²) in [5, 5.41) is 0.124. The third-order valence-corrected chi connectivity index (χ3v) is 3.72. The minimum Gasteiger partial charge on any atom is -0.496 e. The maximum absolute atomic E-state index is 13.5. The second-order valence-electron chi connectivity index (χ2n) is 4.59. The molecule has 1 heterocycles. The lowest BCUT2D eigenvalue weighted by molar-refractivity contribution is 0.252. The first-order chi connectivity index (χ1) is 8.11. The van der Waals surface area contributed by atoms with Crippen LogP contribution in [0, 0.1) is 5.82 Å². The first kappa shape index (κ1) is 12.7. The van der Waals surface area contributed by atoms with E-state index < -0.39 is 0 Å². The van der Waals surface area contributed by atoms with Gasteiger partial charge >= 0.3 is 0 Å². The molecule has 2 nitrogen and oxygen atoms in total. The Balaban J connectivity index is 2.27. The van der Waals surface area contributed by atoms with Gasteiger partial charge in [-0.05, 0) is 45.0 Å². The van der Waals surface area contributed by atoms with E-state index >= 15 is 0 Å². The van der Waals surface area contributed by atoms with E-state index in [1.807, 2.05) is 0 Å². The van der Waals surface area contributed by atoms with E-state index in [4.69, 9.17) is 16.3 Å². The topological polar surface area (TPSA) is 12.5 Å². The number of piperidine rings is 1. The SMILES string of the molecule is COc1cc(Cl)c(F)cc1C1CCN(C)CC1. The van der Waals surface area contributed by atoms with Gasteiger partial charge in [-0.2, -0.15) is 0 Å². The molecule has 4 heteroatoms. The summed E-state index contributed by atoms with van der Waals surface area (Å²) in [5.41, 5.74) is 0.947. The largest absolute Gasteiger partial charge is 0.496 e. The number of likely N-dealkylation sites (tertiary alicyclic amines) is 1. The standard InChI is InChI=1S/C13H17ClFNO/c1-16-5-3-9(4-6-16)10-7-12(15)11(14)8-13(10)17-2/h7-9H,3-6H2,1-2H3. The fourth-order valence-corrected chi connectivity index (χ4v) is 2.51. The van der Waals surface area contributed by atoms with Gasteiger partial charge in [0, 0.05) is 11.6 Å². The molecular weight excluding hydrogens is 241 g/mol. The normalized spacial score (nSPS) is 18.4. The van der Waals surface area contributed by atoms with Crippen molar-refractivity contribution in [1.29, 1.82) is 0 Å². The highest BCUT2D eigenvalue weighted by Crippen LogP contribution is 2.36. The summed E-state index contributed by atoms with van der Waals surface area (Å²) in [7, 11) is 3.71. The lowest BCUT2D eigenvalue weighted by atomic mass is 9.89. The molecular formula is C13H17ClFNO. The summed E-state index contributed by atoms with van der Waals surface area (Å²) in [6.45, 7) is 2.08. The zero-order valence-corrected chi connectivity index (χ0v) is 10.9. The van der Waals surface area contributed by atoms with Crippen molar-refractivity contribution in [2.45, 2.75) is 18.8 Å². The van der Waals surface area contributed by atoms with Crippen LogP contribution in [-0.4, -0.2) is 32.1 Å². The lowest BCUT2D eigenvalue weighted by Gasteiger charge is -2.30. The molecule has 0 radical (unpaired) electrons. The third-order valence-electron chi connectivity index (χ3n) is 3.43. The number of rotatable bonds is 2. The molecule has 0 aromatic heterocycles. The van der Waals surface area contributed by atoms with Crippen molar-refractivity contribution >= 4 is 11.6 Å². The van der Waals surface area contributed by atoms with Gasteiger partial charge in [0.2, 0.25) is 0 Å². The van der Waals surface area contributed by atoms with Crippen LogP contribution in [0.25, 0.3) is 0 Å². The maximum Gasteiger partial charge on any atom is 0.142 e. The Morgan fingerprint density at radius 2 is 2.00 bits per heavy atom. The number of methoxy groups -OCH3 is 1. The summed E-state index contributed by atoms with van der Waals surface area (Å²) in [6.07, 6.45) is 2.07. The Morgan fingerprint density at radius 1 is 1.35 bits per heavy atom. The first-order valence-electron chi connectivity index (χ1n) is 5.83. The fraction of sp³-hybridized carbons (Fsp3) is 0.538. The van der Waals surface area contributed by atoms with Crippen molar-refractivity contribution in [1.82, 2.24) is 4.90 Å². The predicted molar refractivity (Wildman–Crippen MR) is 67.4 cm³/mol. The number of ether oxygens (including phenoxy) is 1. The molecule has 0 unspecified atom stereocenters. The van der Waals surface area contributed by atoms with Gasteiger partial charge in [-0.3, -0.25) is 0 Å². The molecule has 1 aromatic rings. The van der Waals surface area contributed by atoms with Crippen molar-refractivity contribution < 1.29 is 9.13 Å². The van der Waals surface area contributed by atoms with E-state index in [9.17, 15) is 4.39 Å². The molecule has 0 spiro atoms. The summed E-state index contributed by atoms with van der Waals surface area (Å²) < 4.78 is 18.8. The highest BCUT2D eigenvalue weighted by molar-refractivity contribution is 6.30. The number of nitrogens with zero attached hydrogens (tertiary/aromatic N) is 1. The van der Waals surface area contributed by atoms with Gasteiger partial charge in [0.15, 0.2) is 0 Å². The van der Waals surface area contributed by atoms with Crippen LogP contribution in [0.1, 0.15) is 24.3 Å². The highest BCUT2D eigenvalue weighted by Gasteiger charge is 2.22. The Kier molecular flexibility index (Phi) is 3.89. The average molecular weight is 258 g/mol. The molecule has 1 aliphatic rings. The van der Waals surface area contributed by atoms with E-state index in [1.54, 1.807) is 13.2 Å². The summed E-state index contributed by atoms with van der Waals surface area (Å²) in [6, 6.07) is 3.10. The van der Waals surface area contributed by atoms with Crippen molar-refractivity contribution in [2.75, 3.05) is 27.2 Å². The van der Waals surface area contributed by atoms with Gasteiger partial charge in [0.05, 0.1) is 12.1 Å². The monoisotopic (exact) mass is 257 g/mol. The van der Waals surface area contributed by atoms with Crippen molar-refractivity contribution in [2.24, 2.45) is 0 Å². The molecule has 0 aliphatic carbocycles.